The first-order valence-corrected chi connectivity index (χ1v) is 13.7. The number of esters is 2. The molecule has 40 heavy (non-hydrogen) atoms. The molecule has 3 saturated heterocycles. The molecule has 6 rings (SSSR count). The van der Waals surface area contributed by atoms with Crippen molar-refractivity contribution in [1.29, 1.82) is 0 Å². The highest BCUT2D eigenvalue weighted by molar-refractivity contribution is 5.98. The number of fused-ring (bicyclic) bond motifs is 3. The second-order valence-electron chi connectivity index (χ2n) is 10.5. The maximum absolute atomic E-state index is 13.6. The summed E-state index contributed by atoms with van der Waals surface area (Å²) in [5, 5.41) is 3.35. The van der Waals surface area contributed by atoms with Crippen molar-refractivity contribution in [3.05, 3.63) is 102 Å². The van der Waals surface area contributed by atoms with Crippen LogP contribution in [-0.2, 0) is 14.3 Å². The van der Waals surface area contributed by atoms with E-state index in [-0.39, 0.29) is 34.8 Å². The molecule has 3 aromatic carbocycles. The highest BCUT2D eigenvalue weighted by Crippen LogP contribution is 2.36. The molecule has 0 amide bonds. The van der Waals surface area contributed by atoms with Gasteiger partial charge in [-0.05, 0) is 36.8 Å². The number of quaternary nitrogens is 1. The Balaban J connectivity index is 0.00000370. The molecule has 2 atom stereocenters. The summed E-state index contributed by atoms with van der Waals surface area (Å²) in [6, 6.07) is 25.3. The summed E-state index contributed by atoms with van der Waals surface area (Å²) in [6.07, 6.45) is 1.62. The van der Waals surface area contributed by atoms with Gasteiger partial charge in [0, 0.05) is 30.0 Å². The van der Waals surface area contributed by atoms with Crippen LogP contribution in [0.15, 0.2) is 84.9 Å². The number of ether oxygens (including phenoxy) is 2. The Hall–Kier alpha value is -3.49. The van der Waals surface area contributed by atoms with E-state index in [0.717, 1.165) is 37.2 Å². The second kappa shape index (κ2) is 13.2. The van der Waals surface area contributed by atoms with Crippen molar-refractivity contribution >= 4 is 23.4 Å². The fraction of sp³-hybridized carbons (Fsp3) is 0.344. The average molecular weight is 608 g/mol. The summed E-state index contributed by atoms with van der Waals surface area (Å²) in [4.78, 5) is 38.8. The zero-order valence-corrected chi connectivity index (χ0v) is 24.2. The molecular weight excluding hydrogens is 572 g/mol. The van der Waals surface area contributed by atoms with Crippen LogP contribution in [0.25, 0.3) is 0 Å². The normalized spacial score (nSPS) is 21.9. The SMILES string of the molecule is CCOC(=O)c1ccc(C(=O)C[N+]23CCC(CC2)C(OC(=O)[C@H](Nc2ccccc2)c2ccccc2)C3)cc1.[Br-]. The van der Waals surface area contributed by atoms with Gasteiger partial charge < -0.3 is 36.3 Å². The predicted octanol–water partition coefficient (Wildman–Crippen LogP) is 2.06. The van der Waals surface area contributed by atoms with Gasteiger partial charge in [-0.2, -0.15) is 0 Å². The van der Waals surface area contributed by atoms with Crippen molar-refractivity contribution in [2.75, 3.05) is 38.1 Å². The molecule has 2 bridgehead atoms. The van der Waals surface area contributed by atoms with Crippen molar-refractivity contribution in [1.82, 2.24) is 0 Å². The first kappa shape index (κ1) is 29.5. The van der Waals surface area contributed by atoms with E-state index in [0.29, 0.717) is 41.2 Å². The summed E-state index contributed by atoms with van der Waals surface area (Å²) in [5.74, 6) is -0.357. The van der Waals surface area contributed by atoms with E-state index in [9.17, 15) is 14.4 Å². The third kappa shape index (κ3) is 6.80. The largest absolute Gasteiger partial charge is 1.00 e. The molecule has 0 aromatic heterocycles. The molecule has 3 heterocycles. The summed E-state index contributed by atoms with van der Waals surface area (Å²) in [7, 11) is 0. The fourth-order valence-corrected chi connectivity index (χ4v) is 5.82. The Labute approximate surface area is 245 Å². The number of nitrogens with one attached hydrogen (secondary N) is 1. The third-order valence-electron chi connectivity index (χ3n) is 7.96. The second-order valence-corrected chi connectivity index (χ2v) is 10.5. The number of Topliss-reactive ketones (excluding diaryl/α,β-unsaturated/α-hetero) is 1. The summed E-state index contributed by atoms with van der Waals surface area (Å²) < 4.78 is 11.9. The molecule has 1 unspecified atom stereocenters. The summed E-state index contributed by atoms with van der Waals surface area (Å²) in [6.45, 7) is 4.85. The van der Waals surface area contributed by atoms with Crippen LogP contribution in [0.5, 0.6) is 0 Å². The number of para-hydroxylation sites is 1. The topological polar surface area (TPSA) is 81.7 Å². The van der Waals surface area contributed by atoms with Crippen molar-refractivity contribution < 1.29 is 45.3 Å². The van der Waals surface area contributed by atoms with E-state index in [1.54, 1.807) is 31.2 Å². The van der Waals surface area contributed by atoms with Gasteiger partial charge in [0.05, 0.1) is 25.3 Å². The first-order chi connectivity index (χ1) is 19.0. The number of halogens is 1. The Morgan fingerprint density at radius 3 is 2.10 bits per heavy atom. The molecule has 3 fully saturated rings. The van der Waals surface area contributed by atoms with Crippen LogP contribution in [-0.4, -0.2) is 61.1 Å². The van der Waals surface area contributed by atoms with Crippen LogP contribution in [0, 0.1) is 5.92 Å². The van der Waals surface area contributed by atoms with E-state index in [1.165, 1.54) is 0 Å². The molecule has 3 aliphatic rings. The number of benzene rings is 3. The Kier molecular flexibility index (Phi) is 9.76. The highest BCUT2D eigenvalue weighted by Gasteiger charge is 2.49. The molecule has 0 saturated carbocycles. The molecule has 7 nitrogen and oxygen atoms in total. The van der Waals surface area contributed by atoms with Gasteiger partial charge in [-0.1, -0.05) is 60.7 Å². The number of hydrogen-bond donors (Lipinski definition) is 1. The van der Waals surface area contributed by atoms with E-state index in [2.05, 4.69) is 5.32 Å². The van der Waals surface area contributed by atoms with Crippen molar-refractivity contribution in [3.63, 3.8) is 0 Å². The lowest BCUT2D eigenvalue weighted by Crippen LogP contribution is -3.00. The van der Waals surface area contributed by atoms with Gasteiger partial charge in [0.15, 0.2) is 12.1 Å². The summed E-state index contributed by atoms with van der Waals surface area (Å²) in [5.41, 5.74) is 2.70. The van der Waals surface area contributed by atoms with Crippen LogP contribution in [0.3, 0.4) is 0 Å². The van der Waals surface area contributed by atoms with Crippen LogP contribution >= 0.6 is 0 Å². The minimum atomic E-state index is -0.628. The number of anilines is 1. The quantitative estimate of drug-likeness (QED) is 0.216. The van der Waals surface area contributed by atoms with E-state index in [1.807, 2.05) is 60.7 Å². The molecule has 210 valence electrons. The van der Waals surface area contributed by atoms with Gasteiger partial charge in [0.1, 0.15) is 13.1 Å². The fourth-order valence-electron chi connectivity index (χ4n) is 5.82. The van der Waals surface area contributed by atoms with E-state index >= 15 is 0 Å². The number of hydrogen-bond acceptors (Lipinski definition) is 6. The molecule has 0 aliphatic carbocycles. The van der Waals surface area contributed by atoms with Gasteiger partial charge in [-0.25, -0.2) is 9.59 Å². The molecule has 3 aromatic rings. The van der Waals surface area contributed by atoms with E-state index in [4.69, 9.17) is 9.47 Å². The number of nitrogens with zero attached hydrogens (tertiary/aromatic N) is 1. The number of rotatable bonds is 10. The van der Waals surface area contributed by atoms with Crippen LogP contribution in [0.4, 0.5) is 5.69 Å². The molecule has 0 radical (unpaired) electrons. The lowest BCUT2D eigenvalue weighted by atomic mass is 9.82. The smallest absolute Gasteiger partial charge is 0.338 e. The standard InChI is InChI=1S/C32H35N2O5.BrH/c1-2-38-31(36)26-15-13-23(14-16-26)28(35)21-34-19-17-24(18-20-34)29(22-34)39-32(37)30(25-9-5-3-6-10-25)33-27-11-7-4-8-12-27;/h3-16,24,29-30,33H,2,17-22H2,1H3;1H/q+1;/p-1/t24?,29?,30-,34?;/m1./s1. The highest BCUT2D eigenvalue weighted by atomic mass is 79.9. The lowest BCUT2D eigenvalue weighted by Gasteiger charge is -2.51. The lowest BCUT2D eigenvalue weighted by molar-refractivity contribution is -0.938. The van der Waals surface area contributed by atoms with Gasteiger partial charge in [0.25, 0.3) is 0 Å². The van der Waals surface area contributed by atoms with Crippen molar-refractivity contribution in [2.45, 2.75) is 31.9 Å². The zero-order valence-electron chi connectivity index (χ0n) is 22.6. The van der Waals surface area contributed by atoms with Gasteiger partial charge in [-0.3, -0.25) is 4.79 Å². The number of piperidine rings is 3. The van der Waals surface area contributed by atoms with Crippen molar-refractivity contribution in [2.24, 2.45) is 5.92 Å². The first-order valence-electron chi connectivity index (χ1n) is 13.7. The van der Waals surface area contributed by atoms with Gasteiger partial charge in [-0.15, -0.1) is 0 Å². The molecule has 3 aliphatic heterocycles. The molecule has 1 N–H and O–H groups in total. The summed E-state index contributed by atoms with van der Waals surface area (Å²) >= 11 is 0. The van der Waals surface area contributed by atoms with Crippen LogP contribution < -0.4 is 22.3 Å². The number of carbonyl (C=O) groups is 3. The maximum Gasteiger partial charge on any atom is 0.338 e. The average Bonchev–Trinajstić information content (AvgIpc) is 2.97. The van der Waals surface area contributed by atoms with E-state index < -0.39 is 12.0 Å². The molecular formula is C32H35BrN2O5. The monoisotopic (exact) mass is 606 g/mol. The van der Waals surface area contributed by atoms with Gasteiger partial charge >= 0.3 is 11.9 Å². The van der Waals surface area contributed by atoms with Gasteiger partial charge in [0.2, 0.25) is 5.78 Å². The minimum absolute atomic E-state index is 0. The van der Waals surface area contributed by atoms with Crippen LogP contribution in [0.2, 0.25) is 0 Å². The minimum Gasteiger partial charge on any atom is -1.00 e. The Morgan fingerprint density at radius 2 is 1.48 bits per heavy atom. The maximum atomic E-state index is 13.6. The Bertz CT molecular complexity index is 1290. The number of carbonyl (C=O) groups excluding carboxylic acids is 3. The Morgan fingerprint density at radius 1 is 0.875 bits per heavy atom. The molecule has 0 spiro atoms. The zero-order chi connectivity index (χ0) is 27.2. The van der Waals surface area contributed by atoms with Crippen LogP contribution in [0.1, 0.15) is 52.1 Å². The molecule has 8 heteroatoms. The third-order valence-corrected chi connectivity index (χ3v) is 7.96. The number of ketones is 1. The predicted molar refractivity (Wildman–Crippen MR) is 148 cm³/mol. The van der Waals surface area contributed by atoms with Crippen molar-refractivity contribution in [3.8, 4) is 0 Å².